The molecular formula is C15H20N2. The van der Waals surface area contributed by atoms with Gasteiger partial charge in [0.05, 0.1) is 0 Å². The van der Waals surface area contributed by atoms with Crippen molar-refractivity contribution in [3.05, 3.63) is 49.1 Å². The van der Waals surface area contributed by atoms with Gasteiger partial charge < -0.3 is 9.80 Å². The van der Waals surface area contributed by atoms with Crippen LogP contribution in [0.15, 0.2) is 43.5 Å². The van der Waals surface area contributed by atoms with E-state index in [9.17, 15) is 0 Å². The summed E-state index contributed by atoms with van der Waals surface area (Å²) in [5.74, 6) is 0. The van der Waals surface area contributed by atoms with Crippen LogP contribution < -0.4 is 4.90 Å². The van der Waals surface area contributed by atoms with E-state index in [1.807, 2.05) is 0 Å². The van der Waals surface area contributed by atoms with Crippen LogP contribution in [0, 0.1) is 0 Å². The fourth-order valence-corrected chi connectivity index (χ4v) is 2.07. The first-order valence-corrected chi connectivity index (χ1v) is 6.06. The van der Waals surface area contributed by atoms with Gasteiger partial charge in [0.15, 0.2) is 0 Å². The maximum Gasteiger partial charge on any atom is 0.0367 e. The molecule has 0 aliphatic carbocycles. The molecule has 0 saturated carbocycles. The molecule has 0 radical (unpaired) electrons. The summed E-state index contributed by atoms with van der Waals surface area (Å²) >= 11 is 0. The lowest BCUT2D eigenvalue weighted by Crippen LogP contribution is -2.44. The molecule has 1 saturated heterocycles. The van der Waals surface area contributed by atoms with E-state index in [2.05, 4.69) is 54.3 Å². The van der Waals surface area contributed by atoms with Gasteiger partial charge in [0, 0.05) is 31.9 Å². The van der Waals surface area contributed by atoms with Crippen LogP contribution in [0.2, 0.25) is 0 Å². The number of anilines is 1. The largest absolute Gasteiger partial charge is 0.369 e. The van der Waals surface area contributed by atoms with E-state index in [1.54, 1.807) is 6.08 Å². The van der Waals surface area contributed by atoms with Crippen LogP contribution in [0.4, 0.5) is 5.69 Å². The van der Waals surface area contributed by atoms with E-state index in [0.29, 0.717) is 0 Å². The summed E-state index contributed by atoms with van der Waals surface area (Å²) in [6, 6.07) is 8.60. The molecule has 1 heterocycles. The van der Waals surface area contributed by atoms with Crippen LogP contribution in [0.25, 0.3) is 5.57 Å². The molecule has 1 aliphatic heterocycles. The summed E-state index contributed by atoms with van der Waals surface area (Å²) in [4.78, 5) is 4.80. The summed E-state index contributed by atoms with van der Waals surface area (Å²) in [6.45, 7) is 12.2. The van der Waals surface area contributed by atoms with Crippen LogP contribution >= 0.6 is 0 Å². The first-order chi connectivity index (χ1) is 8.20. The van der Waals surface area contributed by atoms with Gasteiger partial charge in [-0.3, -0.25) is 0 Å². The Morgan fingerprint density at radius 3 is 2.24 bits per heavy atom. The monoisotopic (exact) mass is 228 g/mol. The predicted octanol–water partition coefficient (Wildman–Crippen LogP) is 2.64. The SMILES string of the molecule is C=CC(=C)c1ccc(N2CCN(C)CC2)cc1. The Bertz CT molecular complexity index is 397. The van der Waals surface area contributed by atoms with Gasteiger partial charge in [-0.1, -0.05) is 31.4 Å². The average Bonchev–Trinajstić information content (AvgIpc) is 2.39. The van der Waals surface area contributed by atoms with Crippen LogP contribution in [0.1, 0.15) is 5.56 Å². The molecule has 2 nitrogen and oxygen atoms in total. The molecule has 17 heavy (non-hydrogen) atoms. The lowest BCUT2D eigenvalue weighted by Gasteiger charge is -2.34. The molecule has 0 N–H and O–H groups in total. The molecule has 2 rings (SSSR count). The summed E-state index contributed by atoms with van der Waals surface area (Å²) < 4.78 is 0. The minimum Gasteiger partial charge on any atom is -0.369 e. The smallest absolute Gasteiger partial charge is 0.0367 e. The lowest BCUT2D eigenvalue weighted by atomic mass is 10.1. The molecule has 0 amide bonds. The van der Waals surface area contributed by atoms with Gasteiger partial charge >= 0.3 is 0 Å². The van der Waals surface area contributed by atoms with Gasteiger partial charge in [-0.2, -0.15) is 0 Å². The van der Waals surface area contributed by atoms with Crippen molar-refractivity contribution in [2.45, 2.75) is 0 Å². The second kappa shape index (κ2) is 5.19. The van der Waals surface area contributed by atoms with Crippen molar-refractivity contribution in [1.29, 1.82) is 0 Å². The van der Waals surface area contributed by atoms with Gasteiger partial charge in [0.25, 0.3) is 0 Å². The Kier molecular flexibility index (Phi) is 3.64. The maximum absolute atomic E-state index is 3.96. The quantitative estimate of drug-likeness (QED) is 0.734. The molecular weight excluding hydrogens is 208 g/mol. The third-order valence-electron chi connectivity index (χ3n) is 3.35. The van der Waals surface area contributed by atoms with E-state index >= 15 is 0 Å². The van der Waals surface area contributed by atoms with Crippen molar-refractivity contribution in [2.75, 3.05) is 38.1 Å². The molecule has 2 heteroatoms. The molecule has 0 atom stereocenters. The second-order valence-corrected chi connectivity index (χ2v) is 4.57. The minimum absolute atomic E-state index is 0.981. The van der Waals surface area contributed by atoms with Crippen molar-refractivity contribution in [3.63, 3.8) is 0 Å². The number of nitrogens with zero attached hydrogens (tertiary/aromatic N) is 2. The van der Waals surface area contributed by atoms with E-state index in [0.717, 1.165) is 37.3 Å². The number of likely N-dealkylation sites (N-methyl/N-ethyl adjacent to an activating group) is 1. The van der Waals surface area contributed by atoms with Crippen molar-refractivity contribution in [2.24, 2.45) is 0 Å². The van der Waals surface area contributed by atoms with E-state index in [-0.39, 0.29) is 0 Å². The molecule has 0 unspecified atom stereocenters. The zero-order valence-corrected chi connectivity index (χ0v) is 10.5. The number of benzene rings is 1. The van der Waals surface area contributed by atoms with E-state index in [4.69, 9.17) is 0 Å². The van der Waals surface area contributed by atoms with Gasteiger partial charge in [-0.25, -0.2) is 0 Å². The van der Waals surface area contributed by atoms with Crippen molar-refractivity contribution >= 4 is 11.3 Å². The molecule has 0 spiro atoms. The topological polar surface area (TPSA) is 6.48 Å². The normalized spacial score (nSPS) is 16.9. The fourth-order valence-electron chi connectivity index (χ4n) is 2.07. The van der Waals surface area contributed by atoms with E-state index < -0.39 is 0 Å². The fraction of sp³-hybridized carbons (Fsp3) is 0.333. The highest BCUT2D eigenvalue weighted by Crippen LogP contribution is 2.20. The first kappa shape index (κ1) is 11.9. The van der Waals surface area contributed by atoms with Crippen LogP contribution in [0.5, 0.6) is 0 Å². The predicted molar refractivity (Wildman–Crippen MR) is 75.4 cm³/mol. The molecule has 1 aromatic carbocycles. The molecule has 90 valence electrons. The Morgan fingerprint density at radius 1 is 1.12 bits per heavy atom. The minimum atomic E-state index is 0.981. The Balaban J connectivity index is 2.07. The summed E-state index contributed by atoms with van der Waals surface area (Å²) in [5, 5.41) is 0. The van der Waals surface area contributed by atoms with Crippen LogP contribution in [-0.4, -0.2) is 38.1 Å². The number of rotatable bonds is 3. The summed E-state index contributed by atoms with van der Waals surface area (Å²) in [5.41, 5.74) is 3.44. The number of allylic oxidation sites excluding steroid dienone is 2. The number of hydrogen-bond donors (Lipinski definition) is 0. The number of hydrogen-bond acceptors (Lipinski definition) is 2. The van der Waals surface area contributed by atoms with Gasteiger partial charge in [-0.15, -0.1) is 0 Å². The van der Waals surface area contributed by atoms with Gasteiger partial charge in [0.1, 0.15) is 0 Å². The van der Waals surface area contributed by atoms with Crippen LogP contribution in [-0.2, 0) is 0 Å². The molecule has 1 aromatic rings. The zero-order valence-electron chi connectivity index (χ0n) is 10.5. The van der Waals surface area contributed by atoms with Crippen LogP contribution in [0.3, 0.4) is 0 Å². The second-order valence-electron chi connectivity index (χ2n) is 4.57. The Morgan fingerprint density at radius 2 is 1.71 bits per heavy atom. The van der Waals surface area contributed by atoms with Crippen molar-refractivity contribution in [3.8, 4) is 0 Å². The molecule has 0 aromatic heterocycles. The molecule has 1 aliphatic rings. The third-order valence-corrected chi connectivity index (χ3v) is 3.35. The zero-order chi connectivity index (χ0) is 12.3. The Hall–Kier alpha value is -1.54. The molecule has 1 fully saturated rings. The van der Waals surface area contributed by atoms with Gasteiger partial charge in [0.2, 0.25) is 0 Å². The van der Waals surface area contributed by atoms with Gasteiger partial charge in [-0.05, 0) is 30.3 Å². The molecule has 0 bridgehead atoms. The number of piperazine rings is 1. The Labute approximate surface area is 104 Å². The van der Waals surface area contributed by atoms with Crippen molar-refractivity contribution in [1.82, 2.24) is 4.90 Å². The lowest BCUT2D eigenvalue weighted by molar-refractivity contribution is 0.313. The first-order valence-electron chi connectivity index (χ1n) is 6.06. The summed E-state index contributed by atoms with van der Waals surface area (Å²) in [6.07, 6.45) is 1.80. The highest BCUT2D eigenvalue weighted by atomic mass is 15.2. The average molecular weight is 228 g/mol. The highest BCUT2D eigenvalue weighted by molar-refractivity contribution is 5.72. The standard InChI is InChI=1S/C15H20N2/c1-4-13(2)14-5-7-15(8-6-14)17-11-9-16(3)10-12-17/h4-8H,1-2,9-12H2,3H3. The third kappa shape index (κ3) is 2.77. The summed E-state index contributed by atoms with van der Waals surface area (Å²) in [7, 11) is 2.18. The van der Waals surface area contributed by atoms with E-state index in [1.165, 1.54) is 5.69 Å². The van der Waals surface area contributed by atoms with Crippen molar-refractivity contribution < 1.29 is 0 Å². The maximum atomic E-state index is 3.96. The highest BCUT2D eigenvalue weighted by Gasteiger charge is 2.13.